The number of halogens is 1. The highest BCUT2D eigenvalue weighted by molar-refractivity contribution is 7.99. The van der Waals surface area contributed by atoms with Crippen LogP contribution < -0.4 is 11.3 Å². The van der Waals surface area contributed by atoms with Crippen molar-refractivity contribution in [2.75, 3.05) is 5.43 Å². The Kier molecular flexibility index (Phi) is 3.93. The van der Waals surface area contributed by atoms with Gasteiger partial charge in [0.15, 0.2) is 0 Å². The predicted octanol–water partition coefficient (Wildman–Crippen LogP) is 2.57. The number of nitrogens with two attached hydrogens (primary N) is 1. The van der Waals surface area contributed by atoms with E-state index in [0.29, 0.717) is 5.03 Å². The molecule has 3 N–H and O–H groups in total. The van der Waals surface area contributed by atoms with Gasteiger partial charge in [-0.1, -0.05) is 11.8 Å². The molecule has 0 bridgehead atoms. The van der Waals surface area contributed by atoms with Gasteiger partial charge in [0.1, 0.15) is 16.7 Å². The van der Waals surface area contributed by atoms with Crippen molar-refractivity contribution in [2.24, 2.45) is 5.84 Å². The minimum Gasteiger partial charge on any atom is -0.308 e. The summed E-state index contributed by atoms with van der Waals surface area (Å²) in [5.74, 6) is 5.05. The number of aromatic nitrogens is 1. The lowest BCUT2D eigenvalue weighted by Crippen LogP contribution is -2.09. The van der Waals surface area contributed by atoms with Crippen LogP contribution in [-0.2, 0) is 0 Å². The van der Waals surface area contributed by atoms with E-state index in [1.54, 1.807) is 12.1 Å². The van der Waals surface area contributed by atoms with Crippen molar-refractivity contribution < 1.29 is 9.31 Å². The molecule has 6 nitrogen and oxygen atoms in total. The fourth-order valence-corrected chi connectivity index (χ4v) is 2.18. The fraction of sp³-hybridized carbons (Fsp3) is 0. The van der Waals surface area contributed by atoms with Gasteiger partial charge in [-0.15, -0.1) is 0 Å². The van der Waals surface area contributed by atoms with Crippen LogP contribution in [-0.4, -0.2) is 9.91 Å². The Hall–Kier alpha value is -2.19. The minimum absolute atomic E-state index is 0.118. The summed E-state index contributed by atoms with van der Waals surface area (Å²) in [4.78, 5) is 15.0. The quantitative estimate of drug-likeness (QED) is 0.508. The summed E-state index contributed by atoms with van der Waals surface area (Å²) in [6.07, 6.45) is 0. The molecular formula is C11H9FN4O2S. The number of hydrogen-bond acceptors (Lipinski definition) is 6. The molecule has 98 valence electrons. The first-order chi connectivity index (χ1) is 9.08. The highest BCUT2D eigenvalue weighted by Crippen LogP contribution is 2.30. The van der Waals surface area contributed by atoms with Gasteiger partial charge in [0, 0.05) is 11.0 Å². The third-order valence-corrected chi connectivity index (χ3v) is 3.11. The Balaban J connectivity index is 2.31. The Morgan fingerprint density at radius 3 is 2.58 bits per heavy atom. The van der Waals surface area contributed by atoms with Gasteiger partial charge in [0.2, 0.25) is 0 Å². The van der Waals surface area contributed by atoms with Crippen LogP contribution >= 0.6 is 11.8 Å². The molecule has 0 radical (unpaired) electrons. The third kappa shape index (κ3) is 3.39. The number of rotatable bonds is 4. The van der Waals surface area contributed by atoms with E-state index < -0.39 is 4.92 Å². The van der Waals surface area contributed by atoms with E-state index >= 15 is 0 Å². The summed E-state index contributed by atoms with van der Waals surface area (Å²) in [7, 11) is 0. The number of hydrazine groups is 1. The molecule has 2 aromatic rings. The van der Waals surface area contributed by atoms with Crippen molar-refractivity contribution in [1.82, 2.24) is 4.98 Å². The van der Waals surface area contributed by atoms with Crippen LogP contribution in [0.2, 0.25) is 0 Å². The second-order valence-electron chi connectivity index (χ2n) is 3.51. The van der Waals surface area contributed by atoms with E-state index in [1.807, 2.05) is 0 Å². The average Bonchev–Trinajstić information content (AvgIpc) is 2.41. The summed E-state index contributed by atoms with van der Waals surface area (Å²) in [6.45, 7) is 0. The van der Waals surface area contributed by atoms with E-state index in [4.69, 9.17) is 5.84 Å². The van der Waals surface area contributed by atoms with Gasteiger partial charge >= 0.3 is 0 Å². The van der Waals surface area contributed by atoms with Gasteiger partial charge in [0.05, 0.1) is 11.0 Å². The SMILES string of the molecule is NNc1cc([N+](=O)[O-])cc(Sc2ccc(F)cc2)n1. The Morgan fingerprint density at radius 1 is 1.32 bits per heavy atom. The molecule has 2 rings (SSSR count). The highest BCUT2D eigenvalue weighted by atomic mass is 32.2. The van der Waals surface area contributed by atoms with E-state index in [1.165, 1.54) is 36.0 Å². The van der Waals surface area contributed by atoms with E-state index in [9.17, 15) is 14.5 Å². The lowest BCUT2D eigenvalue weighted by molar-refractivity contribution is -0.385. The number of nitro groups is 1. The van der Waals surface area contributed by atoms with E-state index in [0.717, 1.165) is 4.90 Å². The highest BCUT2D eigenvalue weighted by Gasteiger charge is 2.11. The van der Waals surface area contributed by atoms with Gasteiger partial charge in [-0.25, -0.2) is 15.2 Å². The van der Waals surface area contributed by atoms with E-state index in [2.05, 4.69) is 10.4 Å². The van der Waals surface area contributed by atoms with Crippen molar-refractivity contribution in [2.45, 2.75) is 9.92 Å². The molecule has 0 amide bonds. The molecule has 1 aromatic heterocycles. The minimum atomic E-state index is -0.531. The molecule has 0 saturated carbocycles. The first-order valence-corrected chi connectivity index (χ1v) is 5.96. The molecule has 0 aliphatic carbocycles. The maximum atomic E-state index is 12.8. The Labute approximate surface area is 112 Å². The largest absolute Gasteiger partial charge is 0.308 e. The second kappa shape index (κ2) is 5.63. The molecule has 0 spiro atoms. The van der Waals surface area contributed by atoms with Crippen LogP contribution in [0.1, 0.15) is 0 Å². The number of nitrogens with zero attached hydrogens (tertiary/aromatic N) is 2. The number of pyridine rings is 1. The summed E-state index contributed by atoms with van der Waals surface area (Å²) >= 11 is 1.18. The zero-order chi connectivity index (χ0) is 13.8. The molecule has 0 aliphatic heterocycles. The predicted molar refractivity (Wildman–Crippen MR) is 69.2 cm³/mol. The van der Waals surface area contributed by atoms with Crippen molar-refractivity contribution >= 4 is 23.3 Å². The lowest BCUT2D eigenvalue weighted by atomic mass is 10.3. The average molecular weight is 280 g/mol. The third-order valence-electron chi connectivity index (χ3n) is 2.18. The molecule has 0 saturated heterocycles. The smallest absolute Gasteiger partial charge is 0.275 e. The van der Waals surface area contributed by atoms with Crippen molar-refractivity contribution in [1.29, 1.82) is 0 Å². The van der Waals surface area contributed by atoms with Crippen molar-refractivity contribution in [3.8, 4) is 0 Å². The van der Waals surface area contributed by atoms with Gasteiger partial charge in [-0.2, -0.15) is 0 Å². The zero-order valence-electron chi connectivity index (χ0n) is 9.54. The maximum absolute atomic E-state index is 12.8. The van der Waals surface area contributed by atoms with Crippen molar-refractivity contribution in [3.05, 3.63) is 52.3 Å². The summed E-state index contributed by atoms with van der Waals surface area (Å²) in [5.41, 5.74) is 2.15. The van der Waals surface area contributed by atoms with Crippen LogP contribution in [0.3, 0.4) is 0 Å². The van der Waals surface area contributed by atoms with Gasteiger partial charge < -0.3 is 5.43 Å². The van der Waals surface area contributed by atoms with Crippen LogP contribution in [0.25, 0.3) is 0 Å². The first-order valence-electron chi connectivity index (χ1n) is 5.15. The molecule has 1 aromatic carbocycles. The standard InChI is InChI=1S/C11H9FN4O2S/c12-7-1-3-9(4-2-7)19-11-6-8(16(17)18)5-10(14-11)15-13/h1-6H,13H2,(H,14,15). The van der Waals surface area contributed by atoms with Crippen LogP contribution in [0.15, 0.2) is 46.3 Å². The number of anilines is 1. The van der Waals surface area contributed by atoms with E-state index in [-0.39, 0.29) is 17.3 Å². The number of hydrogen-bond donors (Lipinski definition) is 2. The number of nitrogen functional groups attached to an aromatic ring is 1. The molecule has 0 aliphatic rings. The summed E-state index contributed by atoms with van der Waals surface area (Å²) in [6, 6.07) is 8.30. The summed E-state index contributed by atoms with van der Waals surface area (Å²) < 4.78 is 12.8. The van der Waals surface area contributed by atoms with Crippen molar-refractivity contribution in [3.63, 3.8) is 0 Å². The topological polar surface area (TPSA) is 94.1 Å². The monoisotopic (exact) mass is 280 g/mol. The molecule has 1 heterocycles. The van der Waals surface area contributed by atoms with Crippen LogP contribution in [0, 0.1) is 15.9 Å². The van der Waals surface area contributed by atoms with Crippen LogP contribution in [0.4, 0.5) is 15.9 Å². The molecular weight excluding hydrogens is 271 g/mol. The molecule has 8 heteroatoms. The molecule has 0 atom stereocenters. The maximum Gasteiger partial charge on any atom is 0.275 e. The normalized spacial score (nSPS) is 10.2. The second-order valence-corrected chi connectivity index (χ2v) is 4.60. The first kappa shape index (κ1) is 13.2. The van der Waals surface area contributed by atoms with Gasteiger partial charge in [-0.3, -0.25) is 10.1 Å². The fourth-order valence-electron chi connectivity index (χ4n) is 1.35. The number of benzene rings is 1. The number of nitrogens with one attached hydrogen (secondary N) is 1. The zero-order valence-corrected chi connectivity index (χ0v) is 10.4. The summed E-state index contributed by atoms with van der Waals surface area (Å²) in [5, 5.41) is 11.2. The van der Waals surface area contributed by atoms with Crippen LogP contribution in [0.5, 0.6) is 0 Å². The molecule has 0 fully saturated rings. The molecule has 0 unspecified atom stereocenters. The molecule has 19 heavy (non-hydrogen) atoms. The lowest BCUT2D eigenvalue weighted by Gasteiger charge is -2.04. The Bertz CT molecular complexity index is 606. The van der Waals surface area contributed by atoms with Gasteiger partial charge in [0.25, 0.3) is 5.69 Å². The Morgan fingerprint density at radius 2 is 2.00 bits per heavy atom. The van der Waals surface area contributed by atoms with Gasteiger partial charge in [-0.05, 0) is 24.3 Å².